The predicted molar refractivity (Wildman–Crippen MR) is 103 cm³/mol. The maximum atomic E-state index is 12.6. The third kappa shape index (κ3) is 4.27. The lowest BCUT2D eigenvalue weighted by molar-refractivity contribution is -0.120. The van der Waals surface area contributed by atoms with Crippen LogP contribution in [0.25, 0.3) is 0 Å². The van der Waals surface area contributed by atoms with Crippen LogP contribution in [-0.2, 0) is 9.59 Å². The molecule has 0 aliphatic heterocycles. The Hall–Kier alpha value is -2.62. The molecule has 0 aromatic heterocycles. The lowest BCUT2D eigenvalue weighted by atomic mass is 10.0. The van der Waals surface area contributed by atoms with E-state index in [1.54, 1.807) is 0 Å². The van der Waals surface area contributed by atoms with Gasteiger partial charge in [-0.3, -0.25) is 9.59 Å². The van der Waals surface area contributed by atoms with Crippen molar-refractivity contribution < 1.29 is 9.59 Å². The summed E-state index contributed by atoms with van der Waals surface area (Å²) in [5.74, 6) is -0.354. The third-order valence-corrected chi connectivity index (χ3v) is 4.49. The number of anilines is 2. The fourth-order valence-electron chi connectivity index (χ4n) is 3.09. The van der Waals surface area contributed by atoms with E-state index >= 15 is 0 Å². The molecule has 132 valence electrons. The number of hydrogen-bond donors (Lipinski definition) is 1. The van der Waals surface area contributed by atoms with Crippen molar-refractivity contribution >= 4 is 23.2 Å². The molecule has 0 heterocycles. The second-order valence-corrected chi connectivity index (χ2v) is 6.65. The number of aryl methyl sites for hydroxylation is 4. The Bertz CT molecular complexity index is 802. The highest BCUT2D eigenvalue weighted by molar-refractivity contribution is 6.02. The topological polar surface area (TPSA) is 49.4 Å². The first kappa shape index (κ1) is 18.7. The van der Waals surface area contributed by atoms with E-state index in [-0.39, 0.29) is 18.4 Å². The van der Waals surface area contributed by atoms with E-state index in [1.165, 1.54) is 11.8 Å². The molecule has 4 nitrogen and oxygen atoms in total. The maximum Gasteiger partial charge on any atom is 0.244 e. The summed E-state index contributed by atoms with van der Waals surface area (Å²) < 4.78 is 0. The van der Waals surface area contributed by atoms with Crippen LogP contribution in [0.5, 0.6) is 0 Å². The molecule has 0 bridgehead atoms. The summed E-state index contributed by atoms with van der Waals surface area (Å²) in [5.41, 5.74) is 6.90. The van der Waals surface area contributed by atoms with Gasteiger partial charge < -0.3 is 10.2 Å². The summed E-state index contributed by atoms with van der Waals surface area (Å²) in [7, 11) is 0. The smallest absolute Gasteiger partial charge is 0.244 e. The van der Waals surface area contributed by atoms with Gasteiger partial charge in [0.2, 0.25) is 11.8 Å². The van der Waals surface area contributed by atoms with Crippen LogP contribution in [0.3, 0.4) is 0 Å². The molecular formula is C21H26N2O2. The normalized spacial score (nSPS) is 10.5. The summed E-state index contributed by atoms with van der Waals surface area (Å²) in [6.07, 6.45) is 0. The van der Waals surface area contributed by atoms with Gasteiger partial charge in [-0.15, -0.1) is 0 Å². The number of nitrogens with zero attached hydrogens (tertiary/aromatic N) is 1. The van der Waals surface area contributed by atoms with Gasteiger partial charge in [-0.2, -0.15) is 0 Å². The Morgan fingerprint density at radius 2 is 1.56 bits per heavy atom. The largest absolute Gasteiger partial charge is 0.324 e. The molecule has 25 heavy (non-hydrogen) atoms. The van der Waals surface area contributed by atoms with Crippen molar-refractivity contribution in [3.63, 3.8) is 0 Å². The van der Waals surface area contributed by atoms with E-state index in [0.717, 1.165) is 39.2 Å². The van der Waals surface area contributed by atoms with Gasteiger partial charge in [0.05, 0.1) is 0 Å². The minimum Gasteiger partial charge on any atom is -0.324 e. The molecule has 0 aliphatic rings. The zero-order chi connectivity index (χ0) is 18.7. The summed E-state index contributed by atoms with van der Waals surface area (Å²) in [6, 6.07) is 9.85. The number of benzene rings is 2. The van der Waals surface area contributed by atoms with Crippen LogP contribution in [0.4, 0.5) is 11.4 Å². The molecule has 0 radical (unpaired) electrons. The molecule has 2 rings (SSSR count). The third-order valence-electron chi connectivity index (χ3n) is 4.49. The van der Waals surface area contributed by atoms with Crippen molar-refractivity contribution in [3.8, 4) is 0 Å². The lowest BCUT2D eigenvalue weighted by Gasteiger charge is -2.24. The lowest BCUT2D eigenvalue weighted by Crippen LogP contribution is -2.37. The molecule has 2 amide bonds. The molecule has 0 spiro atoms. The van der Waals surface area contributed by atoms with Gasteiger partial charge in [0.25, 0.3) is 0 Å². The first-order valence-corrected chi connectivity index (χ1v) is 8.42. The fraction of sp³-hybridized carbons (Fsp3) is 0.333. The Morgan fingerprint density at radius 1 is 0.960 bits per heavy atom. The van der Waals surface area contributed by atoms with Crippen LogP contribution in [0.15, 0.2) is 30.3 Å². The Labute approximate surface area is 149 Å². The van der Waals surface area contributed by atoms with Crippen LogP contribution >= 0.6 is 0 Å². The standard InChI is InChI=1S/C21H26N2O2/c1-13-10-15(3)21(16(4)11-13)22-20(25)12-23(18(6)24)19-9-7-8-14(2)17(19)5/h7-11H,12H2,1-6H3,(H,22,25). The van der Waals surface area contributed by atoms with E-state index < -0.39 is 0 Å². The highest BCUT2D eigenvalue weighted by atomic mass is 16.2. The van der Waals surface area contributed by atoms with Gasteiger partial charge in [0.1, 0.15) is 6.54 Å². The quantitative estimate of drug-likeness (QED) is 0.907. The average Bonchev–Trinajstić information content (AvgIpc) is 2.51. The molecule has 0 unspecified atom stereocenters. The second-order valence-electron chi connectivity index (χ2n) is 6.65. The van der Waals surface area contributed by atoms with E-state index in [4.69, 9.17) is 0 Å². The van der Waals surface area contributed by atoms with Crippen molar-refractivity contribution in [1.29, 1.82) is 0 Å². The van der Waals surface area contributed by atoms with E-state index in [0.29, 0.717) is 0 Å². The molecule has 0 saturated carbocycles. The zero-order valence-corrected chi connectivity index (χ0v) is 15.9. The molecule has 0 aliphatic carbocycles. The Kier molecular flexibility index (Phi) is 5.62. The van der Waals surface area contributed by atoms with Crippen LogP contribution in [0.1, 0.15) is 34.7 Å². The zero-order valence-electron chi connectivity index (χ0n) is 15.9. The van der Waals surface area contributed by atoms with Gasteiger partial charge in [-0.25, -0.2) is 0 Å². The van der Waals surface area contributed by atoms with E-state index in [9.17, 15) is 9.59 Å². The van der Waals surface area contributed by atoms with Crippen LogP contribution in [0, 0.1) is 34.6 Å². The van der Waals surface area contributed by atoms with Gasteiger partial charge in [-0.05, 0) is 62.9 Å². The van der Waals surface area contributed by atoms with Crippen LogP contribution < -0.4 is 10.2 Å². The molecule has 0 saturated heterocycles. The number of rotatable bonds is 4. The Morgan fingerprint density at radius 3 is 2.12 bits per heavy atom. The van der Waals surface area contributed by atoms with Crippen molar-refractivity contribution in [2.24, 2.45) is 0 Å². The van der Waals surface area contributed by atoms with Crippen LogP contribution in [-0.4, -0.2) is 18.4 Å². The number of carbonyl (C=O) groups excluding carboxylic acids is 2. The fourth-order valence-corrected chi connectivity index (χ4v) is 3.09. The summed E-state index contributed by atoms with van der Waals surface area (Å²) in [5, 5.41) is 2.96. The minimum absolute atomic E-state index is 0.00756. The number of amides is 2. The molecule has 4 heteroatoms. The average molecular weight is 338 g/mol. The van der Waals surface area contributed by atoms with Crippen molar-refractivity contribution in [2.75, 3.05) is 16.8 Å². The highest BCUT2D eigenvalue weighted by Gasteiger charge is 2.19. The monoisotopic (exact) mass is 338 g/mol. The molecule has 0 atom stereocenters. The van der Waals surface area contributed by atoms with Crippen molar-refractivity contribution in [3.05, 3.63) is 58.1 Å². The summed E-state index contributed by atoms with van der Waals surface area (Å²) in [6.45, 7) is 11.4. The predicted octanol–water partition coefficient (Wildman–Crippen LogP) is 4.22. The second kappa shape index (κ2) is 7.51. The SMILES string of the molecule is CC(=O)N(CC(=O)Nc1c(C)cc(C)cc1C)c1cccc(C)c1C. The highest BCUT2D eigenvalue weighted by Crippen LogP contribution is 2.24. The molecule has 2 aromatic rings. The van der Waals surface area contributed by atoms with Crippen molar-refractivity contribution in [2.45, 2.75) is 41.5 Å². The van der Waals surface area contributed by atoms with E-state index in [2.05, 4.69) is 5.32 Å². The summed E-state index contributed by atoms with van der Waals surface area (Å²) >= 11 is 0. The van der Waals surface area contributed by atoms with Gasteiger partial charge in [-0.1, -0.05) is 29.8 Å². The van der Waals surface area contributed by atoms with Gasteiger partial charge >= 0.3 is 0 Å². The molecular weight excluding hydrogens is 312 g/mol. The number of nitrogens with one attached hydrogen (secondary N) is 1. The molecule has 1 N–H and O–H groups in total. The van der Waals surface area contributed by atoms with E-state index in [1.807, 2.05) is 65.0 Å². The number of hydrogen-bond acceptors (Lipinski definition) is 2. The molecule has 0 fully saturated rings. The van der Waals surface area contributed by atoms with Gasteiger partial charge in [0, 0.05) is 18.3 Å². The number of carbonyl (C=O) groups is 2. The van der Waals surface area contributed by atoms with Gasteiger partial charge in [0.15, 0.2) is 0 Å². The van der Waals surface area contributed by atoms with Crippen molar-refractivity contribution in [1.82, 2.24) is 0 Å². The molecule has 2 aromatic carbocycles. The Balaban J connectivity index is 2.25. The minimum atomic E-state index is -0.203. The van der Waals surface area contributed by atoms with Crippen LogP contribution in [0.2, 0.25) is 0 Å². The first-order chi connectivity index (χ1) is 11.7. The first-order valence-electron chi connectivity index (χ1n) is 8.42. The maximum absolute atomic E-state index is 12.6. The summed E-state index contributed by atoms with van der Waals surface area (Å²) in [4.78, 5) is 26.2.